The summed E-state index contributed by atoms with van der Waals surface area (Å²) in [5.41, 5.74) is 1.01. The lowest BCUT2D eigenvalue weighted by molar-refractivity contribution is 0.0644. The normalized spacial score (nSPS) is 14.5. The zero-order chi connectivity index (χ0) is 13.7. The lowest BCUT2D eigenvalue weighted by atomic mass is 10.2. The molecule has 0 bridgehead atoms. The standard InChI is InChI=1S/C13H19NO5/c1-16-7-10(15)6-14-5-9-3-11(17-2)13-12(4-9)18-8-19-13/h3-4,10,14-15H,5-8H2,1-2H3. The first-order valence-corrected chi connectivity index (χ1v) is 6.08. The van der Waals surface area contributed by atoms with E-state index in [0.29, 0.717) is 36.9 Å². The molecule has 0 amide bonds. The van der Waals surface area contributed by atoms with Crippen molar-refractivity contribution in [3.8, 4) is 17.2 Å². The van der Waals surface area contributed by atoms with Gasteiger partial charge in [-0.3, -0.25) is 0 Å². The number of fused-ring (bicyclic) bond motifs is 1. The molecule has 1 aliphatic rings. The molecular weight excluding hydrogens is 250 g/mol. The lowest BCUT2D eigenvalue weighted by Crippen LogP contribution is -2.29. The lowest BCUT2D eigenvalue weighted by Gasteiger charge is -2.12. The second kappa shape index (κ2) is 6.60. The Hall–Kier alpha value is -1.50. The molecule has 0 aliphatic carbocycles. The molecule has 19 heavy (non-hydrogen) atoms. The molecule has 0 spiro atoms. The smallest absolute Gasteiger partial charge is 0.231 e. The van der Waals surface area contributed by atoms with Crippen LogP contribution in [-0.2, 0) is 11.3 Å². The van der Waals surface area contributed by atoms with E-state index in [2.05, 4.69) is 5.32 Å². The van der Waals surface area contributed by atoms with E-state index in [1.807, 2.05) is 12.1 Å². The maximum Gasteiger partial charge on any atom is 0.231 e. The van der Waals surface area contributed by atoms with Crippen molar-refractivity contribution < 1.29 is 24.1 Å². The van der Waals surface area contributed by atoms with Crippen LogP contribution in [0.4, 0.5) is 0 Å². The summed E-state index contributed by atoms with van der Waals surface area (Å²) in [5.74, 6) is 1.99. The molecule has 0 saturated heterocycles. The Morgan fingerprint density at radius 3 is 2.95 bits per heavy atom. The van der Waals surface area contributed by atoms with E-state index in [9.17, 15) is 5.11 Å². The molecule has 2 N–H and O–H groups in total. The predicted octanol–water partition coefficient (Wildman–Crippen LogP) is 0.521. The number of methoxy groups -OCH3 is 2. The van der Waals surface area contributed by atoms with Crippen LogP contribution in [-0.4, -0.2) is 45.4 Å². The zero-order valence-electron chi connectivity index (χ0n) is 11.1. The fraction of sp³-hybridized carbons (Fsp3) is 0.538. The van der Waals surface area contributed by atoms with Gasteiger partial charge in [0.25, 0.3) is 0 Å². The predicted molar refractivity (Wildman–Crippen MR) is 68.7 cm³/mol. The monoisotopic (exact) mass is 269 g/mol. The first kappa shape index (κ1) is 13.9. The molecule has 0 saturated carbocycles. The summed E-state index contributed by atoms with van der Waals surface area (Å²) in [6.07, 6.45) is -0.513. The summed E-state index contributed by atoms with van der Waals surface area (Å²) in [4.78, 5) is 0. The summed E-state index contributed by atoms with van der Waals surface area (Å²) in [5, 5.41) is 12.7. The van der Waals surface area contributed by atoms with Crippen LogP contribution in [0.5, 0.6) is 17.2 Å². The molecule has 106 valence electrons. The topological polar surface area (TPSA) is 69.2 Å². The van der Waals surface area contributed by atoms with Gasteiger partial charge in [-0.05, 0) is 17.7 Å². The molecule has 1 atom stereocenters. The minimum atomic E-state index is -0.513. The van der Waals surface area contributed by atoms with Crippen molar-refractivity contribution >= 4 is 0 Å². The highest BCUT2D eigenvalue weighted by molar-refractivity contribution is 5.55. The van der Waals surface area contributed by atoms with E-state index < -0.39 is 6.10 Å². The Labute approximate surface area is 112 Å². The van der Waals surface area contributed by atoms with Crippen molar-refractivity contribution in [1.82, 2.24) is 5.32 Å². The van der Waals surface area contributed by atoms with Gasteiger partial charge in [0, 0.05) is 20.2 Å². The molecule has 0 fully saturated rings. The van der Waals surface area contributed by atoms with Crippen molar-refractivity contribution in [2.24, 2.45) is 0 Å². The van der Waals surface area contributed by atoms with Gasteiger partial charge in [0.1, 0.15) is 0 Å². The average molecular weight is 269 g/mol. The first-order chi connectivity index (χ1) is 9.24. The van der Waals surface area contributed by atoms with Crippen molar-refractivity contribution in [2.75, 3.05) is 34.2 Å². The zero-order valence-corrected chi connectivity index (χ0v) is 11.1. The summed E-state index contributed by atoms with van der Waals surface area (Å²) in [7, 11) is 3.16. The van der Waals surface area contributed by atoms with Gasteiger partial charge in [0.05, 0.1) is 19.8 Å². The number of hydrogen-bond donors (Lipinski definition) is 2. The Balaban J connectivity index is 1.94. The molecule has 1 unspecified atom stereocenters. The quantitative estimate of drug-likeness (QED) is 0.752. The highest BCUT2D eigenvalue weighted by Gasteiger charge is 2.19. The van der Waals surface area contributed by atoms with Crippen molar-refractivity contribution in [3.63, 3.8) is 0 Å². The van der Waals surface area contributed by atoms with Gasteiger partial charge in [-0.2, -0.15) is 0 Å². The second-order valence-electron chi connectivity index (χ2n) is 4.27. The van der Waals surface area contributed by atoms with Crippen LogP contribution in [0, 0.1) is 0 Å². The van der Waals surface area contributed by atoms with Crippen LogP contribution in [0.2, 0.25) is 0 Å². The molecular formula is C13H19NO5. The summed E-state index contributed by atoms with van der Waals surface area (Å²) in [6, 6.07) is 3.80. The SMILES string of the molecule is COCC(O)CNCc1cc(OC)c2c(c1)OCO2. The van der Waals surface area contributed by atoms with Gasteiger partial charge in [0.15, 0.2) is 11.5 Å². The fourth-order valence-electron chi connectivity index (χ4n) is 1.92. The summed E-state index contributed by atoms with van der Waals surface area (Å²) < 4.78 is 20.8. The Bertz CT molecular complexity index is 424. The Morgan fingerprint density at radius 2 is 2.21 bits per heavy atom. The third-order valence-corrected chi connectivity index (χ3v) is 2.79. The molecule has 1 aromatic carbocycles. The molecule has 2 rings (SSSR count). The van der Waals surface area contributed by atoms with E-state index in [1.165, 1.54) is 0 Å². The first-order valence-electron chi connectivity index (χ1n) is 6.08. The number of hydrogen-bond acceptors (Lipinski definition) is 6. The van der Waals surface area contributed by atoms with E-state index in [0.717, 1.165) is 5.56 Å². The molecule has 1 aromatic rings. The van der Waals surface area contributed by atoms with E-state index in [4.69, 9.17) is 18.9 Å². The van der Waals surface area contributed by atoms with Gasteiger partial charge < -0.3 is 29.4 Å². The largest absolute Gasteiger partial charge is 0.493 e. The molecule has 0 radical (unpaired) electrons. The molecule has 1 heterocycles. The number of aliphatic hydroxyl groups is 1. The van der Waals surface area contributed by atoms with E-state index in [-0.39, 0.29) is 6.79 Å². The highest BCUT2D eigenvalue weighted by Crippen LogP contribution is 2.41. The second-order valence-corrected chi connectivity index (χ2v) is 4.27. The molecule has 6 nitrogen and oxygen atoms in total. The van der Waals surface area contributed by atoms with Crippen molar-refractivity contribution in [1.29, 1.82) is 0 Å². The van der Waals surface area contributed by atoms with Crippen LogP contribution in [0.1, 0.15) is 5.56 Å². The van der Waals surface area contributed by atoms with Gasteiger partial charge >= 0.3 is 0 Å². The number of ether oxygens (including phenoxy) is 4. The van der Waals surface area contributed by atoms with Crippen LogP contribution < -0.4 is 19.5 Å². The third-order valence-electron chi connectivity index (χ3n) is 2.79. The van der Waals surface area contributed by atoms with Gasteiger partial charge in [-0.15, -0.1) is 0 Å². The Morgan fingerprint density at radius 1 is 1.37 bits per heavy atom. The summed E-state index contributed by atoms with van der Waals surface area (Å²) >= 11 is 0. The fourth-order valence-corrected chi connectivity index (χ4v) is 1.92. The van der Waals surface area contributed by atoms with Crippen LogP contribution in [0.15, 0.2) is 12.1 Å². The van der Waals surface area contributed by atoms with Gasteiger partial charge in [-0.25, -0.2) is 0 Å². The third kappa shape index (κ3) is 3.50. The maximum absolute atomic E-state index is 9.53. The van der Waals surface area contributed by atoms with Crippen LogP contribution >= 0.6 is 0 Å². The van der Waals surface area contributed by atoms with E-state index in [1.54, 1.807) is 14.2 Å². The minimum Gasteiger partial charge on any atom is -0.493 e. The minimum absolute atomic E-state index is 0.217. The number of benzene rings is 1. The maximum atomic E-state index is 9.53. The number of aliphatic hydroxyl groups excluding tert-OH is 1. The number of rotatable bonds is 7. The van der Waals surface area contributed by atoms with Crippen LogP contribution in [0.25, 0.3) is 0 Å². The van der Waals surface area contributed by atoms with Crippen molar-refractivity contribution in [2.45, 2.75) is 12.6 Å². The van der Waals surface area contributed by atoms with Gasteiger partial charge in [-0.1, -0.05) is 0 Å². The van der Waals surface area contributed by atoms with Crippen LogP contribution in [0.3, 0.4) is 0 Å². The number of nitrogens with one attached hydrogen (secondary N) is 1. The molecule has 1 aliphatic heterocycles. The molecule has 6 heteroatoms. The highest BCUT2D eigenvalue weighted by atomic mass is 16.7. The van der Waals surface area contributed by atoms with Crippen molar-refractivity contribution in [3.05, 3.63) is 17.7 Å². The average Bonchev–Trinajstić information content (AvgIpc) is 2.86. The van der Waals surface area contributed by atoms with Gasteiger partial charge in [0.2, 0.25) is 12.5 Å². The molecule has 0 aromatic heterocycles. The Kier molecular flexibility index (Phi) is 4.84. The summed E-state index contributed by atoms with van der Waals surface area (Å²) in [6.45, 7) is 1.60. The van der Waals surface area contributed by atoms with E-state index >= 15 is 0 Å².